The predicted molar refractivity (Wildman–Crippen MR) is 130 cm³/mol. The van der Waals surface area contributed by atoms with E-state index in [4.69, 9.17) is 4.74 Å². The van der Waals surface area contributed by atoms with Gasteiger partial charge in [-0.2, -0.15) is 0 Å². The molecular formula is C25H24N4O5S. The quantitative estimate of drug-likeness (QED) is 0.389. The van der Waals surface area contributed by atoms with Crippen molar-refractivity contribution in [2.75, 3.05) is 13.2 Å². The lowest BCUT2D eigenvalue weighted by Gasteiger charge is -2.25. The van der Waals surface area contributed by atoms with Crippen LogP contribution in [0.5, 0.6) is 0 Å². The van der Waals surface area contributed by atoms with Crippen molar-refractivity contribution in [3.63, 3.8) is 0 Å². The van der Waals surface area contributed by atoms with Crippen LogP contribution in [-0.4, -0.2) is 52.5 Å². The van der Waals surface area contributed by atoms with E-state index in [-0.39, 0.29) is 30.7 Å². The molecule has 0 saturated carbocycles. The van der Waals surface area contributed by atoms with Gasteiger partial charge in [-0.25, -0.2) is 4.79 Å². The highest BCUT2D eigenvalue weighted by Gasteiger charge is 2.36. The average Bonchev–Trinajstić information content (AvgIpc) is 3.61. The Balaban J connectivity index is 1.40. The van der Waals surface area contributed by atoms with Gasteiger partial charge in [-0.1, -0.05) is 24.3 Å². The number of hydrogen-bond acceptors (Lipinski definition) is 6. The zero-order chi connectivity index (χ0) is 24.4. The molecule has 5 rings (SSSR count). The smallest absolute Gasteiger partial charge is 0.331 e. The molecule has 180 valence electrons. The van der Waals surface area contributed by atoms with Crippen molar-refractivity contribution in [2.45, 2.75) is 32.0 Å². The fourth-order valence-corrected chi connectivity index (χ4v) is 5.01. The van der Waals surface area contributed by atoms with Gasteiger partial charge >= 0.3 is 6.03 Å². The molecule has 35 heavy (non-hydrogen) atoms. The molecule has 3 aromatic rings. The molecule has 1 atom stereocenters. The Morgan fingerprint density at radius 2 is 2.06 bits per heavy atom. The van der Waals surface area contributed by atoms with E-state index in [1.54, 1.807) is 10.8 Å². The van der Waals surface area contributed by atoms with Crippen LogP contribution < -0.4 is 10.6 Å². The van der Waals surface area contributed by atoms with Crippen LogP contribution in [0, 0.1) is 0 Å². The fourth-order valence-electron chi connectivity index (χ4n) is 4.32. The maximum Gasteiger partial charge on any atom is 0.331 e. The summed E-state index contributed by atoms with van der Waals surface area (Å²) in [6.45, 7) is 1.36. The molecule has 2 fully saturated rings. The largest absolute Gasteiger partial charge is 0.376 e. The number of imide groups is 2. The van der Waals surface area contributed by atoms with Crippen LogP contribution in [0.4, 0.5) is 4.79 Å². The number of rotatable bonds is 7. The van der Waals surface area contributed by atoms with E-state index >= 15 is 0 Å². The van der Waals surface area contributed by atoms with Crippen molar-refractivity contribution < 1.29 is 23.9 Å². The van der Waals surface area contributed by atoms with E-state index in [9.17, 15) is 19.2 Å². The van der Waals surface area contributed by atoms with Crippen molar-refractivity contribution in [1.82, 2.24) is 20.1 Å². The van der Waals surface area contributed by atoms with Gasteiger partial charge in [0.25, 0.3) is 11.8 Å². The minimum absolute atomic E-state index is 0.0521. The van der Waals surface area contributed by atoms with E-state index in [0.29, 0.717) is 12.1 Å². The number of carbonyl (C=O) groups is 4. The molecule has 2 aliphatic heterocycles. The second-order valence-corrected chi connectivity index (χ2v) is 9.49. The summed E-state index contributed by atoms with van der Waals surface area (Å²) in [5.41, 5.74) is 1.27. The number of aromatic nitrogens is 1. The Hall–Kier alpha value is -3.76. The van der Waals surface area contributed by atoms with Gasteiger partial charge in [-0.15, -0.1) is 11.3 Å². The number of hydrogen-bond donors (Lipinski definition) is 2. The van der Waals surface area contributed by atoms with Crippen LogP contribution in [0.2, 0.25) is 0 Å². The van der Waals surface area contributed by atoms with Gasteiger partial charge in [0.1, 0.15) is 12.1 Å². The summed E-state index contributed by atoms with van der Waals surface area (Å²) >= 11 is 1.42. The normalized spacial score (nSPS) is 19.5. The molecule has 5 amide bonds. The van der Waals surface area contributed by atoms with Crippen molar-refractivity contribution in [3.8, 4) is 0 Å². The van der Waals surface area contributed by atoms with Gasteiger partial charge < -0.3 is 14.6 Å². The molecule has 10 heteroatoms. The summed E-state index contributed by atoms with van der Waals surface area (Å²) in [6, 6.07) is 10.4. The van der Waals surface area contributed by atoms with Crippen LogP contribution in [0.1, 0.15) is 23.3 Å². The van der Waals surface area contributed by atoms with Crippen molar-refractivity contribution in [3.05, 3.63) is 64.0 Å². The summed E-state index contributed by atoms with van der Waals surface area (Å²) in [7, 11) is 0. The molecule has 1 aromatic carbocycles. The molecule has 0 radical (unpaired) electrons. The molecule has 0 spiro atoms. The third-order valence-corrected chi connectivity index (χ3v) is 6.93. The number of barbiturate groups is 1. The Kier molecular flexibility index (Phi) is 6.47. The Bertz CT molecular complexity index is 1320. The lowest BCUT2D eigenvalue weighted by molar-refractivity contribution is -0.130. The standard InChI is InChI=1S/C25H24N4O5S/c30-22(26-12-17-5-3-9-34-17)15-28-13-16(19-7-1-2-8-21(19)28)11-20-23(31)27-25(33)29(24(20)32)14-18-6-4-10-35-18/h1-2,4,6-8,10-11,13,17H,3,5,9,12,14-15H2,(H,26,30)(H,27,31,33)/b20-11+/t17-/m1/s1. The third-order valence-electron chi connectivity index (χ3n) is 6.06. The maximum absolute atomic E-state index is 13.1. The van der Waals surface area contributed by atoms with Gasteiger partial charge in [-0.3, -0.25) is 24.6 Å². The molecule has 9 nitrogen and oxygen atoms in total. The topological polar surface area (TPSA) is 110 Å². The van der Waals surface area contributed by atoms with Crippen LogP contribution in [-0.2, 0) is 32.2 Å². The van der Waals surface area contributed by atoms with Crippen molar-refractivity contribution in [1.29, 1.82) is 0 Å². The first kappa shape index (κ1) is 23.0. The number of amides is 5. The van der Waals surface area contributed by atoms with Crippen LogP contribution in [0.3, 0.4) is 0 Å². The van der Waals surface area contributed by atoms with E-state index in [2.05, 4.69) is 10.6 Å². The number of carbonyl (C=O) groups excluding carboxylic acids is 4. The molecule has 2 saturated heterocycles. The minimum atomic E-state index is -0.742. The van der Waals surface area contributed by atoms with Gasteiger partial charge in [0.2, 0.25) is 5.91 Å². The fraction of sp³-hybridized carbons (Fsp3) is 0.280. The second-order valence-electron chi connectivity index (χ2n) is 8.46. The molecule has 0 bridgehead atoms. The molecule has 2 N–H and O–H groups in total. The van der Waals surface area contributed by atoms with E-state index in [1.807, 2.05) is 41.8 Å². The number of nitrogens with one attached hydrogen (secondary N) is 2. The molecule has 2 aromatic heterocycles. The molecule has 4 heterocycles. The van der Waals surface area contributed by atoms with E-state index < -0.39 is 17.8 Å². The lowest BCUT2D eigenvalue weighted by atomic mass is 10.1. The number of thiophene rings is 1. The first-order valence-corrected chi connectivity index (χ1v) is 12.2. The third kappa shape index (κ3) is 4.89. The van der Waals surface area contributed by atoms with Gasteiger partial charge in [0.05, 0.1) is 12.6 Å². The SMILES string of the molecule is O=C(Cn1cc(/C=C2\C(=O)NC(=O)N(Cc3cccs3)C2=O)c2ccccc21)NC[C@H]1CCCO1. The minimum Gasteiger partial charge on any atom is -0.376 e. The van der Waals surface area contributed by atoms with Gasteiger partial charge in [0.15, 0.2) is 0 Å². The number of benzene rings is 1. The monoisotopic (exact) mass is 492 g/mol. The molecular weight excluding hydrogens is 468 g/mol. The van der Waals surface area contributed by atoms with Crippen molar-refractivity contribution >= 4 is 52.1 Å². The molecule has 0 aliphatic carbocycles. The van der Waals surface area contributed by atoms with E-state index in [1.165, 1.54) is 17.4 Å². The first-order valence-electron chi connectivity index (χ1n) is 11.4. The van der Waals surface area contributed by atoms with Crippen LogP contribution in [0.15, 0.2) is 53.5 Å². The number of urea groups is 1. The zero-order valence-electron chi connectivity index (χ0n) is 18.9. The average molecular weight is 493 g/mol. The van der Waals surface area contributed by atoms with E-state index in [0.717, 1.165) is 40.1 Å². The first-order chi connectivity index (χ1) is 17.0. The maximum atomic E-state index is 13.1. The van der Waals surface area contributed by atoms with Crippen LogP contribution in [0.25, 0.3) is 17.0 Å². The predicted octanol–water partition coefficient (Wildman–Crippen LogP) is 2.66. The van der Waals surface area contributed by atoms with Crippen molar-refractivity contribution in [2.24, 2.45) is 0 Å². The number of nitrogens with zero attached hydrogens (tertiary/aromatic N) is 2. The summed E-state index contributed by atoms with van der Waals surface area (Å²) in [6.07, 6.45) is 5.21. The summed E-state index contributed by atoms with van der Waals surface area (Å²) in [5, 5.41) is 7.81. The number of ether oxygens (including phenoxy) is 1. The highest BCUT2D eigenvalue weighted by atomic mass is 32.1. The highest BCUT2D eigenvalue weighted by molar-refractivity contribution is 7.09. The van der Waals surface area contributed by atoms with Gasteiger partial charge in [0, 0.05) is 40.7 Å². The molecule has 2 aliphatic rings. The molecule has 0 unspecified atom stereocenters. The zero-order valence-corrected chi connectivity index (χ0v) is 19.7. The summed E-state index contributed by atoms with van der Waals surface area (Å²) < 4.78 is 7.34. The van der Waals surface area contributed by atoms with Crippen LogP contribution >= 0.6 is 11.3 Å². The lowest BCUT2D eigenvalue weighted by Crippen LogP contribution is -2.53. The van der Waals surface area contributed by atoms with Gasteiger partial charge in [-0.05, 0) is 36.4 Å². The summed E-state index contributed by atoms with van der Waals surface area (Å²) in [5.74, 6) is -1.55. The number of fused-ring (bicyclic) bond motifs is 1. The number of para-hydroxylation sites is 1. The highest BCUT2D eigenvalue weighted by Crippen LogP contribution is 2.26. The second kappa shape index (κ2) is 9.85. The summed E-state index contributed by atoms with van der Waals surface area (Å²) in [4.78, 5) is 52.4. The Morgan fingerprint density at radius 3 is 2.83 bits per heavy atom. The Morgan fingerprint density at radius 1 is 1.20 bits per heavy atom. The Labute approximate surface area is 205 Å².